The van der Waals surface area contributed by atoms with Crippen molar-refractivity contribution in [2.75, 3.05) is 12.4 Å². The van der Waals surface area contributed by atoms with E-state index in [4.69, 9.17) is 4.74 Å². The molecule has 0 radical (unpaired) electrons. The van der Waals surface area contributed by atoms with E-state index in [-0.39, 0.29) is 11.5 Å². The van der Waals surface area contributed by atoms with Crippen molar-refractivity contribution in [3.63, 3.8) is 0 Å². The lowest BCUT2D eigenvalue weighted by Crippen LogP contribution is -2.43. The third-order valence-electron chi connectivity index (χ3n) is 3.19. The van der Waals surface area contributed by atoms with Crippen LogP contribution in [0.25, 0.3) is 10.4 Å². The number of amides is 4. The number of anilines is 1. The van der Waals surface area contributed by atoms with Crippen molar-refractivity contribution < 1.29 is 23.9 Å². The van der Waals surface area contributed by atoms with Gasteiger partial charge in [0.25, 0.3) is 5.91 Å². The van der Waals surface area contributed by atoms with Gasteiger partial charge in [-0.25, -0.2) is 9.59 Å². The first-order valence-corrected chi connectivity index (χ1v) is 9.26. The van der Waals surface area contributed by atoms with Crippen molar-refractivity contribution in [2.45, 2.75) is 20.0 Å². The van der Waals surface area contributed by atoms with Gasteiger partial charge >= 0.3 is 12.0 Å². The smallest absolute Gasteiger partial charge is 0.342 e. The molecule has 0 saturated heterocycles. The van der Waals surface area contributed by atoms with Gasteiger partial charge in [0.1, 0.15) is 10.6 Å². The molecular weight excluding hydrogens is 378 g/mol. The number of carbonyl (C=O) groups excluding carboxylic acids is 4. The predicted octanol–water partition coefficient (Wildman–Crippen LogP) is 2.44. The quantitative estimate of drug-likeness (QED) is 0.673. The molecule has 0 aromatic carbocycles. The Kier molecular flexibility index (Phi) is 6.47. The Morgan fingerprint density at radius 3 is 2.50 bits per heavy atom. The van der Waals surface area contributed by atoms with Gasteiger partial charge in [0.05, 0.1) is 0 Å². The van der Waals surface area contributed by atoms with E-state index in [9.17, 15) is 19.2 Å². The van der Waals surface area contributed by atoms with E-state index in [1.54, 1.807) is 5.38 Å². The molecule has 0 spiro atoms. The number of urea groups is 1. The molecule has 0 unspecified atom stereocenters. The van der Waals surface area contributed by atoms with Crippen LogP contribution in [0.3, 0.4) is 0 Å². The number of rotatable bonds is 5. The fourth-order valence-corrected chi connectivity index (χ4v) is 3.79. The van der Waals surface area contributed by atoms with Gasteiger partial charge in [-0.05, 0) is 18.4 Å². The summed E-state index contributed by atoms with van der Waals surface area (Å²) >= 11 is 2.62. The van der Waals surface area contributed by atoms with Gasteiger partial charge in [-0.15, -0.1) is 22.7 Å². The maximum absolute atomic E-state index is 12.7. The highest BCUT2D eigenvalue weighted by Crippen LogP contribution is 2.38. The largest absolute Gasteiger partial charge is 0.449 e. The Balaban J connectivity index is 2.26. The van der Waals surface area contributed by atoms with Crippen molar-refractivity contribution in [1.29, 1.82) is 0 Å². The van der Waals surface area contributed by atoms with Gasteiger partial charge in [0.15, 0.2) is 6.10 Å². The van der Waals surface area contributed by atoms with E-state index in [0.29, 0.717) is 10.6 Å². The standard InChI is InChI=1S/C16H17N3O5S2/c1-8(13(21)19-16(23)17-3)24-15(22)12-10(11-5-4-6-25-11)7-26-14(12)18-9(2)20/h4-8H,1-3H3,(H,18,20)(H2,17,19,21,23)/t8-/m1/s1. The maximum atomic E-state index is 12.7. The first-order chi connectivity index (χ1) is 12.3. The molecule has 0 aliphatic heterocycles. The summed E-state index contributed by atoms with van der Waals surface area (Å²) in [6.07, 6.45) is -1.19. The molecule has 8 nitrogen and oxygen atoms in total. The summed E-state index contributed by atoms with van der Waals surface area (Å²) in [6.45, 7) is 2.69. The van der Waals surface area contributed by atoms with Gasteiger partial charge < -0.3 is 15.4 Å². The summed E-state index contributed by atoms with van der Waals surface area (Å²) in [7, 11) is 1.36. The zero-order valence-corrected chi connectivity index (χ0v) is 15.9. The summed E-state index contributed by atoms with van der Waals surface area (Å²) in [5.41, 5.74) is 0.782. The van der Waals surface area contributed by atoms with Crippen molar-refractivity contribution in [2.24, 2.45) is 0 Å². The average molecular weight is 395 g/mol. The van der Waals surface area contributed by atoms with Crippen LogP contribution in [0.4, 0.5) is 9.80 Å². The topological polar surface area (TPSA) is 114 Å². The van der Waals surface area contributed by atoms with E-state index in [2.05, 4.69) is 10.6 Å². The van der Waals surface area contributed by atoms with Crippen LogP contribution >= 0.6 is 22.7 Å². The molecule has 2 rings (SSSR count). The van der Waals surface area contributed by atoms with Crippen molar-refractivity contribution in [3.05, 3.63) is 28.5 Å². The van der Waals surface area contributed by atoms with E-state index >= 15 is 0 Å². The van der Waals surface area contributed by atoms with Crippen LogP contribution in [0, 0.1) is 0 Å². The first kappa shape index (κ1) is 19.6. The van der Waals surface area contributed by atoms with Crippen LogP contribution < -0.4 is 16.0 Å². The summed E-state index contributed by atoms with van der Waals surface area (Å²) in [6, 6.07) is 2.97. The lowest BCUT2D eigenvalue weighted by Gasteiger charge is -2.14. The molecule has 1 atom stereocenters. The Morgan fingerprint density at radius 1 is 1.19 bits per heavy atom. The van der Waals surface area contributed by atoms with Gasteiger partial charge in [0.2, 0.25) is 5.91 Å². The van der Waals surface area contributed by atoms with Gasteiger partial charge in [0, 0.05) is 29.8 Å². The molecule has 26 heavy (non-hydrogen) atoms. The predicted molar refractivity (Wildman–Crippen MR) is 99.4 cm³/mol. The van der Waals surface area contributed by atoms with Crippen molar-refractivity contribution in [1.82, 2.24) is 10.6 Å². The highest BCUT2D eigenvalue weighted by atomic mass is 32.1. The van der Waals surface area contributed by atoms with Crippen LogP contribution in [-0.4, -0.2) is 37.0 Å². The van der Waals surface area contributed by atoms with Crippen molar-refractivity contribution >= 4 is 51.5 Å². The number of thiophene rings is 2. The van der Waals surface area contributed by atoms with Crippen LogP contribution in [0.1, 0.15) is 24.2 Å². The molecule has 2 aromatic heterocycles. The van der Waals surface area contributed by atoms with Gasteiger partial charge in [-0.2, -0.15) is 0 Å². The van der Waals surface area contributed by atoms with Crippen LogP contribution in [0.2, 0.25) is 0 Å². The van der Waals surface area contributed by atoms with E-state index in [0.717, 1.165) is 4.88 Å². The van der Waals surface area contributed by atoms with Crippen molar-refractivity contribution in [3.8, 4) is 10.4 Å². The maximum Gasteiger partial charge on any atom is 0.342 e. The lowest BCUT2D eigenvalue weighted by molar-refractivity contribution is -0.127. The monoisotopic (exact) mass is 395 g/mol. The molecule has 0 fully saturated rings. The molecule has 0 saturated carbocycles. The Morgan fingerprint density at radius 2 is 1.92 bits per heavy atom. The third-order valence-corrected chi connectivity index (χ3v) is 4.99. The van der Waals surface area contributed by atoms with Crippen LogP contribution in [0.5, 0.6) is 0 Å². The Bertz CT molecular complexity index is 829. The molecule has 0 aliphatic carbocycles. The molecule has 0 bridgehead atoms. The van der Waals surface area contributed by atoms with E-state index < -0.39 is 24.0 Å². The lowest BCUT2D eigenvalue weighted by atomic mass is 10.1. The molecule has 138 valence electrons. The number of hydrogen-bond acceptors (Lipinski definition) is 7. The Hall–Kier alpha value is -2.72. The minimum Gasteiger partial charge on any atom is -0.449 e. The number of nitrogens with one attached hydrogen (secondary N) is 3. The number of ether oxygens (including phenoxy) is 1. The second kappa shape index (κ2) is 8.59. The zero-order valence-electron chi connectivity index (χ0n) is 14.2. The fourth-order valence-electron chi connectivity index (χ4n) is 1.97. The van der Waals surface area contributed by atoms with Crippen LogP contribution in [-0.2, 0) is 14.3 Å². The molecular formula is C16H17N3O5S2. The number of esters is 1. The van der Waals surface area contributed by atoms with E-state index in [1.807, 2.05) is 22.8 Å². The summed E-state index contributed by atoms with van der Waals surface area (Å²) in [4.78, 5) is 48.0. The Labute approximate surface area is 157 Å². The van der Waals surface area contributed by atoms with Gasteiger partial charge in [-0.1, -0.05) is 6.07 Å². The molecule has 3 N–H and O–H groups in total. The molecule has 10 heteroatoms. The highest BCUT2D eigenvalue weighted by Gasteiger charge is 2.27. The normalized spacial score (nSPS) is 11.3. The summed E-state index contributed by atoms with van der Waals surface area (Å²) < 4.78 is 5.19. The second-order valence-corrected chi connectivity index (χ2v) is 6.96. The minimum absolute atomic E-state index is 0.173. The highest BCUT2D eigenvalue weighted by molar-refractivity contribution is 7.17. The molecule has 0 aliphatic rings. The molecule has 2 heterocycles. The minimum atomic E-state index is -1.19. The summed E-state index contributed by atoms with van der Waals surface area (Å²) in [5.74, 6) is -1.85. The zero-order chi connectivity index (χ0) is 19.3. The number of carbonyl (C=O) groups is 4. The number of imide groups is 1. The SMILES string of the molecule is CNC(=O)NC(=O)[C@@H](C)OC(=O)c1c(-c2cccs2)csc1NC(C)=O. The molecule has 4 amide bonds. The average Bonchev–Trinajstić information content (AvgIpc) is 3.23. The fraction of sp³-hybridized carbons (Fsp3) is 0.250. The molecule has 2 aromatic rings. The number of hydrogen-bond donors (Lipinski definition) is 3. The first-order valence-electron chi connectivity index (χ1n) is 7.50. The van der Waals surface area contributed by atoms with Crippen LogP contribution in [0.15, 0.2) is 22.9 Å². The summed E-state index contributed by atoms with van der Waals surface area (Å²) in [5, 5.41) is 10.8. The second-order valence-electron chi connectivity index (χ2n) is 5.13. The third kappa shape index (κ3) is 4.67. The van der Waals surface area contributed by atoms with Gasteiger partial charge in [-0.3, -0.25) is 14.9 Å². The van der Waals surface area contributed by atoms with E-state index in [1.165, 1.54) is 43.6 Å².